The first-order valence-electron chi connectivity index (χ1n) is 6.13. The van der Waals surface area contributed by atoms with Crippen molar-refractivity contribution in [2.45, 2.75) is 39.2 Å². The highest BCUT2D eigenvalue weighted by Gasteiger charge is 2.52. The Morgan fingerprint density at radius 1 is 1.31 bits per heavy atom. The van der Waals surface area contributed by atoms with Gasteiger partial charge in [-0.2, -0.15) is 0 Å². The van der Waals surface area contributed by atoms with Crippen LogP contribution in [0.5, 0.6) is 0 Å². The number of hydrogen-bond acceptors (Lipinski definition) is 3. The van der Waals surface area contributed by atoms with Gasteiger partial charge in [-0.15, -0.1) is 0 Å². The summed E-state index contributed by atoms with van der Waals surface area (Å²) in [4.78, 5) is 25.7. The molecule has 1 aliphatic heterocycles. The Kier molecular flexibility index (Phi) is 3.02. The molecule has 90 valence electrons. The number of fused-ring (bicyclic) bond motifs is 1. The minimum Gasteiger partial charge on any atom is -0.330 e. The third-order valence-electron chi connectivity index (χ3n) is 3.93. The molecule has 1 saturated carbocycles. The molecule has 1 heterocycles. The summed E-state index contributed by atoms with van der Waals surface area (Å²) >= 11 is 0. The van der Waals surface area contributed by atoms with Gasteiger partial charge in [0, 0.05) is 6.04 Å². The van der Waals surface area contributed by atoms with Crippen LogP contribution in [-0.2, 0) is 9.59 Å². The molecule has 1 aliphatic carbocycles. The molecule has 0 aromatic heterocycles. The molecule has 2 fully saturated rings. The molecule has 16 heavy (non-hydrogen) atoms. The summed E-state index contributed by atoms with van der Waals surface area (Å²) in [7, 11) is 0. The molecule has 0 radical (unpaired) electrons. The molecule has 4 heteroatoms. The van der Waals surface area contributed by atoms with Gasteiger partial charge in [0.25, 0.3) is 0 Å². The van der Waals surface area contributed by atoms with Crippen LogP contribution in [0.25, 0.3) is 0 Å². The number of carbonyl (C=O) groups excluding carboxylic acids is 2. The lowest BCUT2D eigenvalue weighted by atomic mass is 10.00. The van der Waals surface area contributed by atoms with Crippen LogP contribution in [0.1, 0.15) is 33.1 Å². The van der Waals surface area contributed by atoms with Crippen molar-refractivity contribution < 1.29 is 9.59 Å². The second kappa shape index (κ2) is 4.17. The fraction of sp³-hybridized carbons (Fsp3) is 0.833. The molecule has 0 bridgehead atoms. The first kappa shape index (κ1) is 11.6. The van der Waals surface area contributed by atoms with Gasteiger partial charge in [0.1, 0.15) is 0 Å². The van der Waals surface area contributed by atoms with E-state index < -0.39 is 0 Å². The molecule has 0 spiro atoms. The normalized spacial score (nSPS) is 35.7. The Balaban J connectivity index is 2.14. The zero-order valence-electron chi connectivity index (χ0n) is 9.98. The summed E-state index contributed by atoms with van der Waals surface area (Å²) in [5.74, 6) is 0.515. The van der Waals surface area contributed by atoms with Crippen molar-refractivity contribution >= 4 is 11.8 Å². The highest BCUT2D eigenvalue weighted by molar-refractivity contribution is 6.05. The number of imide groups is 1. The number of amides is 2. The average molecular weight is 224 g/mol. The van der Waals surface area contributed by atoms with Gasteiger partial charge in [-0.05, 0) is 38.6 Å². The van der Waals surface area contributed by atoms with Gasteiger partial charge in [-0.3, -0.25) is 14.5 Å². The van der Waals surface area contributed by atoms with E-state index in [1.54, 1.807) is 0 Å². The summed E-state index contributed by atoms with van der Waals surface area (Å²) in [5.41, 5.74) is 5.48. The fourth-order valence-corrected chi connectivity index (χ4v) is 3.11. The summed E-state index contributed by atoms with van der Waals surface area (Å²) in [6, 6.07) is -0.0362. The van der Waals surface area contributed by atoms with E-state index in [-0.39, 0.29) is 29.7 Å². The number of rotatable bonds is 3. The van der Waals surface area contributed by atoms with E-state index in [1.165, 1.54) is 4.90 Å². The molecule has 2 amide bonds. The van der Waals surface area contributed by atoms with Crippen LogP contribution in [0.3, 0.4) is 0 Å². The maximum Gasteiger partial charge on any atom is 0.233 e. The predicted octanol–water partition coefficient (Wildman–Crippen LogP) is 0.755. The summed E-state index contributed by atoms with van der Waals surface area (Å²) in [5, 5.41) is 0. The lowest BCUT2D eigenvalue weighted by Gasteiger charge is -2.23. The molecular weight excluding hydrogens is 204 g/mol. The topological polar surface area (TPSA) is 63.4 Å². The minimum atomic E-state index is -0.0391. The van der Waals surface area contributed by atoms with Gasteiger partial charge in [-0.25, -0.2) is 0 Å². The minimum absolute atomic E-state index is 0.0362. The highest BCUT2D eigenvalue weighted by Crippen LogP contribution is 2.43. The van der Waals surface area contributed by atoms with E-state index in [1.807, 2.05) is 6.92 Å². The van der Waals surface area contributed by atoms with Crippen LogP contribution in [0.15, 0.2) is 0 Å². The van der Waals surface area contributed by atoms with E-state index in [0.717, 1.165) is 12.8 Å². The number of carbonyl (C=O) groups is 2. The van der Waals surface area contributed by atoms with Crippen LogP contribution in [0.4, 0.5) is 0 Å². The van der Waals surface area contributed by atoms with E-state index in [2.05, 4.69) is 6.92 Å². The van der Waals surface area contributed by atoms with Crippen LogP contribution in [-0.4, -0.2) is 29.3 Å². The van der Waals surface area contributed by atoms with Crippen molar-refractivity contribution in [2.75, 3.05) is 6.54 Å². The molecule has 1 saturated heterocycles. The van der Waals surface area contributed by atoms with Crippen LogP contribution in [0, 0.1) is 17.8 Å². The maximum atomic E-state index is 12.1. The van der Waals surface area contributed by atoms with Gasteiger partial charge in [0.05, 0.1) is 11.8 Å². The second-order valence-corrected chi connectivity index (χ2v) is 5.26. The van der Waals surface area contributed by atoms with Crippen LogP contribution < -0.4 is 5.73 Å². The van der Waals surface area contributed by atoms with Crippen molar-refractivity contribution in [1.82, 2.24) is 4.90 Å². The van der Waals surface area contributed by atoms with Crippen molar-refractivity contribution in [1.29, 1.82) is 0 Å². The highest BCUT2D eigenvalue weighted by atomic mass is 16.2. The Labute approximate surface area is 96.2 Å². The number of nitrogens with zero attached hydrogens (tertiary/aromatic N) is 1. The molecule has 2 rings (SSSR count). The zero-order valence-corrected chi connectivity index (χ0v) is 9.98. The average Bonchev–Trinajstić information content (AvgIpc) is 2.68. The van der Waals surface area contributed by atoms with Crippen molar-refractivity contribution in [3.05, 3.63) is 0 Å². The third-order valence-corrected chi connectivity index (χ3v) is 3.93. The maximum absolute atomic E-state index is 12.1. The Morgan fingerprint density at radius 2 is 1.81 bits per heavy atom. The van der Waals surface area contributed by atoms with Crippen LogP contribution >= 0.6 is 0 Å². The van der Waals surface area contributed by atoms with E-state index in [4.69, 9.17) is 5.73 Å². The zero-order chi connectivity index (χ0) is 11.9. The molecule has 0 aromatic carbocycles. The van der Waals surface area contributed by atoms with E-state index in [9.17, 15) is 9.59 Å². The molecule has 2 N–H and O–H groups in total. The second-order valence-electron chi connectivity index (χ2n) is 5.26. The lowest BCUT2D eigenvalue weighted by Crippen LogP contribution is -2.40. The van der Waals surface area contributed by atoms with E-state index in [0.29, 0.717) is 18.9 Å². The standard InChI is InChI=1S/C12H20N2O2/c1-7-5-9-10(6-7)12(16)14(11(9)15)8(2)3-4-13/h7-10H,3-6,13H2,1-2H3. The van der Waals surface area contributed by atoms with Crippen molar-refractivity contribution in [2.24, 2.45) is 23.5 Å². The quantitative estimate of drug-likeness (QED) is 0.720. The van der Waals surface area contributed by atoms with Crippen molar-refractivity contribution in [3.8, 4) is 0 Å². The van der Waals surface area contributed by atoms with Gasteiger partial charge >= 0.3 is 0 Å². The summed E-state index contributed by atoms with van der Waals surface area (Å²) < 4.78 is 0. The third kappa shape index (κ3) is 1.65. The largest absolute Gasteiger partial charge is 0.330 e. The predicted molar refractivity (Wildman–Crippen MR) is 60.4 cm³/mol. The van der Waals surface area contributed by atoms with Crippen molar-refractivity contribution in [3.63, 3.8) is 0 Å². The van der Waals surface area contributed by atoms with E-state index >= 15 is 0 Å². The van der Waals surface area contributed by atoms with Crippen LogP contribution in [0.2, 0.25) is 0 Å². The molecule has 0 aromatic rings. The summed E-state index contributed by atoms with van der Waals surface area (Å²) in [6.07, 6.45) is 2.45. The monoisotopic (exact) mass is 224 g/mol. The fourth-order valence-electron chi connectivity index (χ4n) is 3.11. The number of nitrogens with two attached hydrogens (primary N) is 1. The van der Waals surface area contributed by atoms with Gasteiger partial charge in [-0.1, -0.05) is 6.92 Å². The number of hydrogen-bond donors (Lipinski definition) is 1. The summed E-state index contributed by atoms with van der Waals surface area (Å²) in [6.45, 7) is 4.55. The Bertz CT molecular complexity index is 292. The van der Waals surface area contributed by atoms with Gasteiger partial charge in [0.15, 0.2) is 0 Å². The molecule has 2 aliphatic rings. The molecule has 3 atom stereocenters. The first-order valence-corrected chi connectivity index (χ1v) is 6.13. The molecular formula is C12H20N2O2. The molecule has 4 nitrogen and oxygen atoms in total. The lowest BCUT2D eigenvalue weighted by molar-refractivity contribution is -0.142. The Hall–Kier alpha value is -0.900. The number of likely N-dealkylation sites (tertiary alicyclic amines) is 1. The SMILES string of the molecule is CC1CC2C(=O)N(C(C)CCN)C(=O)C2C1. The first-order chi connectivity index (χ1) is 7.56. The van der Waals surface area contributed by atoms with Gasteiger partial charge < -0.3 is 5.73 Å². The molecule has 3 unspecified atom stereocenters. The Morgan fingerprint density at radius 3 is 2.25 bits per heavy atom. The smallest absolute Gasteiger partial charge is 0.233 e. The van der Waals surface area contributed by atoms with Gasteiger partial charge in [0.2, 0.25) is 11.8 Å².